The van der Waals surface area contributed by atoms with Crippen LogP contribution in [0.25, 0.3) is 0 Å². The number of hydrogen-bond acceptors (Lipinski definition) is 3. The highest BCUT2D eigenvalue weighted by atomic mass is 16.5. The Balaban J connectivity index is 1.90. The summed E-state index contributed by atoms with van der Waals surface area (Å²) in [7, 11) is 3.84. The molecule has 116 valence electrons. The van der Waals surface area contributed by atoms with Crippen LogP contribution >= 0.6 is 0 Å². The molecule has 0 bridgehead atoms. The van der Waals surface area contributed by atoms with E-state index >= 15 is 0 Å². The SMILES string of the molecule is CNC1c2cc(OC)ccc2CCC1N1CC(C)CC1C. The summed E-state index contributed by atoms with van der Waals surface area (Å²) in [5, 5.41) is 3.58. The van der Waals surface area contributed by atoms with Crippen LogP contribution in [0.5, 0.6) is 5.75 Å². The zero-order valence-corrected chi connectivity index (χ0v) is 13.7. The van der Waals surface area contributed by atoms with E-state index in [0.29, 0.717) is 18.1 Å². The largest absolute Gasteiger partial charge is 0.497 e. The molecular weight excluding hydrogens is 260 g/mol. The van der Waals surface area contributed by atoms with E-state index in [0.717, 1.165) is 11.7 Å². The second kappa shape index (κ2) is 5.98. The number of methoxy groups -OCH3 is 1. The van der Waals surface area contributed by atoms with Gasteiger partial charge in [0.05, 0.1) is 7.11 Å². The minimum atomic E-state index is 0.414. The number of ether oxygens (including phenoxy) is 1. The quantitative estimate of drug-likeness (QED) is 0.925. The van der Waals surface area contributed by atoms with Crippen molar-refractivity contribution >= 4 is 0 Å². The number of nitrogens with one attached hydrogen (secondary N) is 1. The first-order chi connectivity index (χ1) is 10.1. The smallest absolute Gasteiger partial charge is 0.119 e. The molecule has 2 aliphatic rings. The van der Waals surface area contributed by atoms with Crippen molar-refractivity contribution in [3.05, 3.63) is 29.3 Å². The van der Waals surface area contributed by atoms with E-state index in [1.807, 2.05) is 0 Å². The lowest BCUT2D eigenvalue weighted by atomic mass is 9.83. The van der Waals surface area contributed by atoms with Crippen LogP contribution in [0, 0.1) is 5.92 Å². The molecule has 1 aliphatic carbocycles. The topological polar surface area (TPSA) is 24.5 Å². The van der Waals surface area contributed by atoms with Crippen LogP contribution in [0.3, 0.4) is 0 Å². The molecule has 1 fully saturated rings. The van der Waals surface area contributed by atoms with Crippen molar-refractivity contribution in [2.75, 3.05) is 20.7 Å². The van der Waals surface area contributed by atoms with Gasteiger partial charge in [0.25, 0.3) is 0 Å². The molecular formula is C18H28N2O. The van der Waals surface area contributed by atoms with Gasteiger partial charge >= 0.3 is 0 Å². The lowest BCUT2D eigenvalue weighted by Gasteiger charge is -2.41. The van der Waals surface area contributed by atoms with Crippen LogP contribution in [0.15, 0.2) is 18.2 Å². The summed E-state index contributed by atoms with van der Waals surface area (Å²) in [5.74, 6) is 1.79. The first-order valence-electron chi connectivity index (χ1n) is 8.23. The zero-order valence-electron chi connectivity index (χ0n) is 13.7. The first kappa shape index (κ1) is 14.9. The summed E-state index contributed by atoms with van der Waals surface area (Å²) >= 11 is 0. The first-order valence-corrected chi connectivity index (χ1v) is 8.23. The van der Waals surface area contributed by atoms with Crippen molar-refractivity contribution in [3.8, 4) is 5.75 Å². The van der Waals surface area contributed by atoms with Crippen molar-refractivity contribution in [1.29, 1.82) is 0 Å². The normalized spacial score (nSPS) is 33.0. The number of likely N-dealkylation sites (N-methyl/N-ethyl adjacent to an activating group) is 1. The van der Waals surface area contributed by atoms with Crippen molar-refractivity contribution in [1.82, 2.24) is 10.2 Å². The second-order valence-corrected chi connectivity index (χ2v) is 6.82. The number of nitrogens with zero attached hydrogens (tertiary/aromatic N) is 1. The van der Waals surface area contributed by atoms with E-state index in [9.17, 15) is 0 Å². The molecule has 1 saturated heterocycles. The number of likely N-dealkylation sites (tertiary alicyclic amines) is 1. The Labute approximate surface area is 128 Å². The molecule has 1 aromatic rings. The Morgan fingerprint density at radius 2 is 2.10 bits per heavy atom. The van der Waals surface area contributed by atoms with Crippen molar-refractivity contribution in [3.63, 3.8) is 0 Å². The molecule has 0 aromatic heterocycles. The second-order valence-electron chi connectivity index (χ2n) is 6.82. The van der Waals surface area contributed by atoms with Crippen LogP contribution in [0.1, 0.15) is 43.9 Å². The predicted octanol–water partition coefficient (Wildman–Crippen LogP) is 3.00. The zero-order chi connectivity index (χ0) is 15.0. The van der Waals surface area contributed by atoms with Gasteiger partial charge in [0.1, 0.15) is 5.75 Å². The molecule has 3 heteroatoms. The average Bonchev–Trinajstić information content (AvgIpc) is 2.83. The molecule has 4 unspecified atom stereocenters. The van der Waals surface area contributed by atoms with Crippen LogP contribution in [-0.2, 0) is 6.42 Å². The van der Waals surface area contributed by atoms with Crippen LogP contribution < -0.4 is 10.1 Å². The number of benzene rings is 1. The molecule has 3 rings (SSSR count). The van der Waals surface area contributed by atoms with Crippen LogP contribution in [0.4, 0.5) is 0 Å². The third-order valence-electron chi connectivity index (χ3n) is 5.35. The highest BCUT2D eigenvalue weighted by Gasteiger charge is 2.38. The highest BCUT2D eigenvalue weighted by Crippen LogP contribution is 2.38. The summed E-state index contributed by atoms with van der Waals surface area (Å²) in [5.41, 5.74) is 2.91. The maximum Gasteiger partial charge on any atom is 0.119 e. The van der Waals surface area contributed by atoms with Gasteiger partial charge in [-0.05, 0) is 62.4 Å². The van der Waals surface area contributed by atoms with Crippen molar-refractivity contribution in [2.24, 2.45) is 5.92 Å². The monoisotopic (exact) mass is 288 g/mol. The third kappa shape index (κ3) is 2.69. The Kier molecular flexibility index (Phi) is 4.23. The third-order valence-corrected chi connectivity index (χ3v) is 5.35. The predicted molar refractivity (Wildman–Crippen MR) is 86.9 cm³/mol. The lowest BCUT2D eigenvalue weighted by Crippen LogP contribution is -2.47. The Morgan fingerprint density at radius 3 is 2.71 bits per heavy atom. The van der Waals surface area contributed by atoms with E-state index in [1.54, 1.807) is 7.11 Å². The molecule has 21 heavy (non-hydrogen) atoms. The molecule has 3 nitrogen and oxygen atoms in total. The van der Waals surface area contributed by atoms with Gasteiger partial charge in [-0.1, -0.05) is 13.0 Å². The van der Waals surface area contributed by atoms with Gasteiger partial charge in [0, 0.05) is 24.7 Å². The molecule has 1 aliphatic heterocycles. The number of aryl methyl sites for hydroxylation is 1. The van der Waals surface area contributed by atoms with E-state index in [2.05, 4.69) is 49.3 Å². The molecule has 1 heterocycles. The molecule has 0 radical (unpaired) electrons. The maximum atomic E-state index is 5.43. The molecule has 1 aromatic carbocycles. The Hall–Kier alpha value is -1.06. The standard InChI is InChI=1S/C18H28N2O/c1-12-9-13(2)20(11-12)17-8-6-14-5-7-15(21-4)10-16(14)18(17)19-3/h5,7,10,12-13,17-19H,6,8-9,11H2,1-4H3. The van der Waals surface area contributed by atoms with Gasteiger partial charge in [0.15, 0.2) is 0 Å². The van der Waals surface area contributed by atoms with Gasteiger partial charge in [0.2, 0.25) is 0 Å². The average molecular weight is 288 g/mol. The Morgan fingerprint density at radius 1 is 1.29 bits per heavy atom. The van der Waals surface area contributed by atoms with E-state index in [4.69, 9.17) is 4.74 Å². The van der Waals surface area contributed by atoms with Gasteiger partial charge in [-0.25, -0.2) is 0 Å². The maximum absolute atomic E-state index is 5.43. The summed E-state index contributed by atoms with van der Waals surface area (Å²) < 4.78 is 5.43. The fourth-order valence-corrected chi connectivity index (χ4v) is 4.39. The van der Waals surface area contributed by atoms with Crippen LogP contribution in [-0.4, -0.2) is 37.7 Å². The number of fused-ring (bicyclic) bond motifs is 1. The van der Waals surface area contributed by atoms with Gasteiger partial charge in [-0.2, -0.15) is 0 Å². The summed E-state index contributed by atoms with van der Waals surface area (Å²) in [4.78, 5) is 2.73. The minimum absolute atomic E-state index is 0.414. The summed E-state index contributed by atoms with van der Waals surface area (Å²) in [6, 6.07) is 8.28. The summed E-state index contributed by atoms with van der Waals surface area (Å²) in [6.45, 7) is 6.01. The molecule has 0 spiro atoms. The number of rotatable bonds is 3. The Bertz CT molecular complexity index is 502. The molecule has 4 atom stereocenters. The van der Waals surface area contributed by atoms with Gasteiger partial charge in [-0.3, -0.25) is 4.90 Å². The van der Waals surface area contributed by atoms with E-state index < -0.39 is 0 Å². The highest BCUT2D eigenvalue weighted by molar-refractivity contribution is 5.40. The summed E-state index contributed by atoms with van der Waals surface area (Å²) in [6.07, 6.45) is 3.76. The van der Waals surface area contributed by atoms with Crippen molar-refractivity contribution in [2.45, 2.75) is 51.2 Å². The molecule has 0 amide bonds. The van der Waals surface area contributed by atoms with Gasteiger partial charge in [-0.15, -0.1) is 0 Å². The minimum Gasteiger partial charge on any atom is -0.497 e. The fourth-order valence-electron chi connectivity index (χ4n) is 4.39. The molecule has 0 saturated carbocycles. The van der Waals surface area contributed by atoms with E-state index in [1.165, 1.54) is 36.9 Å². The lowest BCUT2D eigenvalue weighted by molar-refractivity contribution is 0.135. The van der Waals surface area contributed by atoms with Crippen molar-refractivity contribution < 1.29 is 4.74 Å². The fraction of sp³-hybridized carbons (Fsp3) is 0.667. The van der Waals surface area contributed by atoms with Gasteiger partial charge < -0.3 is 10.1 Å². The van der Waals surface area contributed by atoms with E-state index in [-0.39, 0.29) is 0 Å². The number of hydrogen-bond donors (Lipinski definition) is 1. The molecule has 1 N–H and O–H groups in total. The van der Waals surface area contributed by atoms with Crippen LogP contribution in [0.2, 0.25) is 0 Å².